The number of aromatic nitrogens is 1. The number of benzene rings is 1. The van der Waals surface area contributed by atoms with Gasteiger partial charge in [-0.2, -0.15) is 0 Å². The lowest BCUT2D eigenvalue weighted by Gasteiger charge is -2.33. The Morgan fingerprint density at radius 2 is 1.97 bits per heavy atom. The predicted molar refractivity (Wildman–Crippen MR) is 127 cm³/mol. The zero-order chi connectivity index (χ0) is 22.7. The number of pyridine rings is 1. The van der Waals surface area contributed by atoms with Gasteiger partial charge in [-0.15, -0.1) is 0 Å². The number of ether oxygens (including phenoxy) is 2. The van der Waals surface area contributed by atoms with Crippen molar-refractivity contribution in [3.05, 3.63) is 47.7 Å². The molecule has 1 aromatic heterocycles. The van der Waals surface area contributed by atoms with Crippen LogP contribution in [0.1, 0.15) is 62.4 Å². The molecule has 1 aliphatic heterocycles. The van der Waals surface area contributed by atoms with E-state index >= 15 is 0 Å². The molecule has 0 saturated heterocycles. The van der Waals surface area contributed by atoms with Gasteiger partial charge in [0.05, 0.1) is 30.0 Å². The molecule has 32 heavy (non-hydrogen) atoms. The van der Waals surface area contributed by atoms with Gasteiger partial charge in [-0.1, -0.05) is 12.1 Å². The maximum absolute atomic E-state index is 13.2. The lowest BCUT2D eigenvalue weighted by atomic mass is 9.86. The van der Waals surface area contributed by atoms with Crippen molar-refractivity contribution < 1.29 is 14.3 Å². The molecular weight excluding hydrogens is 402 g/mol. The van der Waals surface area contributed by atoms with Crippen LogP contribution in [0.2, 0.25) is 0 Å². The largest absolute Gasteiger partial charge is 0.489 e. The summed E-state index contributed by atoms with van der Waals surface area (Å²) in [6.07, 6.45) is 6.00. The number of fused-ring (bicyclic) bond motifs is 1. The lowest BCUT2D eigenvalue weighted by molar-refractivity contribution is -0.0288. The summed E-state index contributed by atoms with van der Waals surface area (Å²) in [7, 11) is 0. The standard InChI is InChI=1S/C26H35N3O3/c1-18-8-13-23(27-16-18)29-14-15-31-24-21(6-5-7-22(24)29)25(30)28-20-11-9-19(10-12-20)17-32-26(2,3)4/h5-8,13,16,19-20H,9-12,14-15,17H2,1-4H3,(H,28,30). The number of carbonyl (C=O) groups is 1. The van der Waals surface area contributed by atoms with E-state index in [9.17, 15) is 4.79 Å². The first kappa shape index (κ1) is 22.6. The van der Waals surface area contributed by atoms with E-state index in [-0.39, 0.29) is 17.6 Å². The van der Waals surface area contributed by atoms with Gasteiger partial charge in [0, 0.05) is 12.2 Å². The minimum atomic E-state index is -0.0978. The number of nitrogens with one attached hydrogen (secondary N) is 1. The Hall–Kier alpha value is -2.60. The van der Waals surface area contributed by atoms with E-state index in [1.54, 1.807) is 0 Å². The molecule has 0 bridgehead atoms. The normalized spacial score (nSPS) is 20.9. The van der Waals surface area contributed by atoms with Crippen molar-refractivity contribution in [2.24, 2.45) is 5.92 Å². The van der Waals surface area contributed by atoms with E-state index in [0.717, 1.165) is 49.4 Å². The number of amides is 1. The van der Waals surface area contributed by atoms with E-state index in [0.29, 0.717) is 30.4 Å². The van der Waals surface area contributed by atoms with Gasteiger partial charge in [-0.05, 0) is 83.1 Å². The maximum atomic E-state index is 13.2. The molecule has 0 spiro atoms. The van der Waals surface area contributed by atoms with Crippen LogP contribution in [0.4, 0.5) is 11.5 Å². The summed E-state index contributed by atoms with van der Waals surface area (Å²) in [5.41, 5.74) is 2.51. The highest BCUT2D eigenvalue weighted by Crippen LogP contribution is 2.38. The second-order valence-corrected chi connectivity index (χ2v) is 9.96. The van der Waals surface area contributed by atoms with Crippen molar-refractivity contribution >= 4 is 17.4 Å². The molecule has 6 nitrogen and oxygen atoms in total. The summed E-state index contributed by atoms with van der Waals surface area (Å²) >= 11 is 0. The van der Waals surface area contributed by atoms with Crippen molar-refractivity contribution in [3.63, 3.8) is 0 Å². The SMILES string of the molecule is Cc1ccc(N2CCOc3c(C(=O)NC4CCC(COC(C)(C)C)CC4)cccc32)nc1. The second-order valence-electron chi connectivity index (χ2n) is 9.96. The minimum Gasteiger partial charge on any atom is -0.489 e. The predicted octanol–water partition coefficient (Wildman–Crippen LogP) is 5.02. The van der Waals surface area contributed by atoms with Gasteiger partial charge >= 0.3 is 0 Å². The quantitative estimate of drug-likeness (QED) is 0.711. The molecule has 2 heterocycles. The summed E-state index contributed by atoms with van der Waals surface area (Å²) in [6, 6.07) is 10.0. The Morgan fingerprint density at radius 1 is 1.19 bits per heavy atom. The van der Waals surface area contributed by atoms with Crippen LogP contribution in [0.3, 0.4) is 0 Å². The number of aryl methyl sites for hydroxylation is 1. The minimum absolute atomic E-state index is 0.0602. The highest BCUT2D eigenvalue weighted by Gasteiger charge is 2.28. The van der Waals surface area contributed by atoms with Crippen molar-refractivity contribution in [1.82, 2.24) is 10.3 Å². The van der Waals surface area contributed by atoms with Gasteiger partial charge in [0.15, 0.2) is 5.75 Å². The van der Waals surface area contributed by atoms with E-state index in [1.807, 2.05) is 37.4 Å². The zero-order valence-corrected chi connectivity index (χ0v) is 19.7. The fraction of sp³-hybridized carbons (Fsp3) is 0.538. The first-order chi connectivity index (χ1) is 15.3. The van der Waals surface area contributed by atoms with Gasteiger partial charge in [-0.3, -0.25) is 4.79 Å². The zero-order valence-electron chi connectivity index (χ0n) is 19.7. The number of hydrogen-bond donors (Lipinski definition) is 1. The van der Waals surface area contributed by atoms with Crippen LogP contribution in [0.5, 0.6) is 5.75 Å². The number of nitrogens with zero attached hydrogens (tertiary/aromatic N) is 2. The molecule has 0 unspecified atom stereocenters. The molecule has 1 saturated carbocycles. The fourth-order valence-corrected chi connectivity index (χ4v) is 4.39. The average Bonchev–Trinajstić information content (AvgIpc) is 2.78. The first-order valence-corrected chi connectivity index (χ1v) is 11.7. The van der Waals surface area contributed by atoms with Crippen molar-refractivity contribution in [1.29, 1.82) is 0 Å². The van der Waals surface area contributed by atoms with Crippen LogP contribution in [0.15, 0.2) is 36.5 Å². The van der Waals surface area contributed by atoms with Crippen molar-refractivity contribution in [3.8, 4) is 5.75 Å². The van der Waals surface area contributed by atoms with Crippen LogP contribution < -0.4 is 15.0 Å². The monoisotopic (exact) mass is 437 g/mol. The van der Waals surface area contributed by atoms with Crippen molar-refractivity contribution in [2.75, 3.05) is 24.7 Å². The molecule has 2 aliphatic rings. The number of rotatable bonds is 5. The smallest absolute Gasteiger partial charge is 0.255 e. The molecule has 2 aromatic rings. The molecule has 172 valence electrons. The summed E-state index contributed by atoms with van der Waals surface area (Å²) < 4.78 is 11.9. The van der Waals surface area contributed by atoms with Gasteiger partial charge in [0.25, 0.3) is 5.91 Å². The Bertz CT molecular complexity index is 928. The molecular formula is C26H35N3O3. The number of carbonyl (C=O) groups excluding carboxylic acids is 1. The molecule has 1 aromatic carbocycles. The Labute approximate surface area is 191 Å². The molecule has 4 rings (SSSR count). The van der Waals surface area contributed by atoms with Crippen LogP contribution >= 0.6 is 0 Å². The van der Waals surface area contributed by atoms with E-state index in [4.69, 9.17) is 9.47 Å². The van der Waals surface area contributed by atoms with Crippen molar-refractivity contribution in [2.45, 2.75) is 65.0 Å². The summed E-state index contributed by atoms with van der Waals surface area (Å²) in [4.78, 5) is 19.8. The van der Waals surface area contributed by atoms with Crippen LogP contribution in [0.25, 0.3) is 0 Å². The maximum Gasteiger partial charge on any atom is 0.255 e. The first-order valence-electron chi connectivity index (χ1n) is 11.7. The third-order valence-electron chi connectivity index (χ3n) is 6.20. The molecule has 1 aliphatic carbocycles. The molecule has 6 heteroatoms. The van der Waals surface area contributed by atoms with Gasteiger partial charge in [-0.25, -0.2) is 4.98 Å². The summed E-state index contributed by atoms with van der Waals surface area (Å²) in [5.74, 6) is 2.03. The van der Waals surface area contributed by atoms with Gasteiger partial charge in [0.2, 0.25) is 0 Å². The molecule has 1 N–H and O–H groups in total. The van der Waals surface area contributed by atoms with Crippen LogP contribution in [-0.2, 0) is 4.74 Å². The Balaban J connectivity index is 1.41. The van der Waals surface area contributed by atoms with Gasteiger partial charge < -0.3 is 19.7 Å². The highest BCUT2D eigenvalue weighted by atomic mass is 16.5. The third-order valence-corrected chi connectivity index (χ3v) is 6.20. The molecule has 0 radical (unpaired) electrons. The molecule has 1 amide bonds. The summed E-state index contributed by atoms with van der Waals surface area (Å²) in [5, 5.41) is 3.25. The Kier molecular flexibility index (Phi) is 6.70. The fourth-order valence-electron chi connectivity index (χ4n) is 4.39. The van der Waals surface area contributed by atoms with E-state index < -0.39 is 0 Å². The lowest BCUT2D eigenvalue weighted by Crippen LogP contribution is -2.39. The second kappa shape index (κ2) is 9.49. The average molecular weight is 438 g/mol. The van der Waals surface area contributed by atoms with Gasteiger partial charge in [0.1, 0.15) is 12.4 Å². The molecule has 1 fully saturated rings. The van der Waals surface area contributed by atoms with Crippen LogP contribution in [-0.4, -0.2) is 42.3 Å². The Morgan fingerprint density at radius 3 is 2.66 bits per heavy atom. The number of para-hydroxylation sites is 1. The number of anilines is 2. The topological polar surface area (TPSA) is 63.7 Å². The van der Waals surface area contributed by atoms with E-state index in [1.165, 1.54) is 0 Å². The number of hydrogen-bond acceptors (Lipinski definition) is 5. The summed E-state index contributed by atoms with van der Waals surface area (Å²) in [6.45, 7) is 10.3. The highest BCUT2D eigenvalue weighted by molar-refractivity contribution is 5.99. The van der Waals surface area contributed by atoms with Crippen LogP contribution in [0, 0.1) is 12.8 Å². The third kappa shape index (κ3) is 5.41. The van der Waals surface area contributed by atoms with E-state index in [2.05, 4.69) is 42.0 Å². The molecule has 0 atom stereocenters.